The summed E-state index contributed by atoms with van der Waals surface area (Å²) < 4.78 is 27.3. The van der Waals surface area contributed by atoms with Crippen LogP contribution >= 0.6 is 11.6 Å². The molecule has 0 bridgehead atoms. The molecule has 166 valence electrons. The molecule has 0 unspecified atom stereocenters. The maximum Gasteiger partial charge on any atom is 0.337 e. The molecule has 0 radical (unpaired) electrons. The van der Waals surface area contributed by atoms with Crippen LogP contribution in [0.1, 0.15) is 22.8 Å². The maximum absolute atomic E-state index is 13.4. The van der Waals surface area contributed by atoms with Gasteiger partial charge in [0.15, 0.2) is 0 Å². The van der Waals surface area contributed by atoms with Gasteiger partial charge in [-0.25, -0.2) is 17.5 Å². The van der Waals surface area contributed by atoms with E-state index in [0.29, 0.717) is 10.8 Å². The molecule has 3 rings (SSSR count). The molecule has 0 atom stereocenters. The molecule has 3 aromatic rings. The molecule has 0 spiro atoms. The van der Waals surface area contributed by atoms with Crippen molar-refractivity contribution in [2.75, 3.05) is 16.3 Å². The zero-order chi connectivity index (χ0) is 23.5. The first-order valence-electron chi connectivity index (χ1n) is 9.55. The number of rotatable bonds is 7. The average molecular weight is 473 g/mol. The first-order valence-corrected chi connectivity index (χ1v) is 11.4. The standard InChI is InChI=1S/C23H21ClN2O5S/c1-16(27)26(18-11-7-4-8-12-18)32(30,31)22-13-19(23(28)29)21(14-20(22)24)25(2)15-17-9-5-3-6-10-17/h3-14H,15H2,1-2H3,(H,28,29). The Morgan fingerprint density at radius 2 is 1.53 bits per heavy atom. The van der Waals surface area contributed by atoms with E-state index in [9.17, 15) is 23.1 Å². The molecule has 0 fully saturated rings. The number of sulfonamides is 1. The summed E-state index contributed by atoms with van der Waals surface area (Å²) in [7, 11) is -2.79. The summed E-state index contributed by atoms with van der Waals surface area (Å²) in [5.41, 5.74) is 1.06. The molecule has 0 saturated carbocycles. The smallest absolute Gasteiger partial charge is 0.337 e. The van der Waals surface area contributed by atoms with Crippen LogP contribution < -0.4 is 9.21 Å². The molecule has 0 aliphatic carbocycles. The lowest BCUT2D eigenvalue weighted by Gasteiger charge is -2.25. The van der Waals surface area contributed by atoms with Gasteiger partial charge < -0.3 is 10.0 Å². The van der Waals surface area contributed by atoms with E-state index in [1.54, 1.807) is 30.1 Å². The Balaban J connectivity index is 2.10. The van der Waals surface area contributed by atoms with Crippen molar-refractivity contribution < 1.29 is 23.1 Å². The van der Waals surface area contributed by atoms with Crippen molar-refractivity contribution in [3.8, 4) is 0 Å². The van der Waals surface area contributed by atoms with Gasteiger partial charge >= 0.3 is 5.97 Å². The lowest BCUT2D eigenvalue weighted by molar-refractivity contribution is -0.115. The number of anilines is 2. The highest BCUT2D eigenvalue weighted by Crippen LogP contribution is 2.34. The van der Waals surface area contributed by atoms with Crippen LogP contribution in [0.3, 0.4) is 0 Å². The van der Waals surface area contributed by atoms with Crippen LogP contribution in [0.25, 0.3) is 0 Å². The van der Waals surface area contributed by atoms with Crippen molar-refractivity contribution >= 4 is 44.9 Å². The Hall–Kier alpha value is -3.36. The number of carbonyl (C=O) groups excluding carboxylic acids is 1. The minimum absolute atomic E-state index is 0.123. The van der Waals surface area contributed by atoms with E-state index >= 15 is 0 Å². The largest absolute Gasteiger partial charge is 0.478 e. The normalized spacial score (nSPS) is 11.1. The molecule has 1 amide bonds. The molecule has 0 aliphatic rings. The van der Waals surface area contributed by atoms with Gasteiger partial charge in [-0.3, -0.25) is 4.79 Å². The summed E-state index contributed by atoms with van der Waals surface area (Å²) in [6.07, 6.45) is 0. The summed E-state index contributed by atoms with van der Waals surface area (Å²) >= 11 is 6.34. The van der Waals surface area contributed by atoms with Gasteiger partial charge in [-0.1, -0.05) is 60.1 Å². The monoisotopic (exact) mass is 472 g/mol. The first-order chi connectivity index (χ1) is 15.1. The van der Waals surface area contributed by atoms with Crippen LogP contribution in [0.4, 0.5) is 11.4 Å². The summed E-state index contributed by atoms with van der Waals surface area (Å²) in [5.74, 6) is -2.07. The quantitative estimate of drug-likeness (QED) is 0.547. The van der Waals surface area contributed by atoms with Crippen molar-refractivity contribution in [3.05, 3.63) is 88.9 Å². The number of benzene rings is 3. The summed E-state index contributed by atoms with van der Waals surface area (Å²) in [4.78, 5) is 25.5. The predicted molar refractivity (Wildman–Crippen MR) is 124 cm³/mol. The van der Waals surface area contributed by atoms with Gasteiger partial charge in [0.1, 0.15) is 4.90 Å². The highest BCUT2D eigenvalue weighted by Gasteiger charge is 2.32. The molecule has 0 aliphatic heterocycles. The van der Waals surface area contributed by atoms with E-state index < -0.39 is 26.8 Å². The third kappa shape index (κ3) is 4.76. The topological polar surface area (TPSA) is 95.0 Å². The van der Waals surface area contributed by atoms with Crippen LogP contribution in [0.2, 0.25) is 5.02 Å². The minimum atomic E-state index is -4.47. The highest BCUT2D eigenvalue weighted by atomic mass is 35.5. The van der Waals surface area contributed by atoms with Gasteiger partial charge in [-0.15, -0.1) is 0 Å². The van der Waals surface area contributed by atoms with E-state index in [1.165, 1.54) is 18.2 Å². The fourth-order valence-corrected chi connectivity index (χ4v) is 5.28. The van der Waals surface area contributed by atoms with Gasteiger partial charge in [0.25, 0.3) is 10.0 Å². The molecule has 0 heterocycles. The number of carboxylic acids is 1. The van der Waals surface area contributed by atoms with Crippen molar-refractivity contribution in [3.63, 3.8) is 0 Å². The number of halogens is 1. The molecule has 1 N–H and O–H groups in total. The fraction of sp³-hybridized carbons (Fsp3) is 0.130. The predicted octanol–water partition coefficient (Wildman–Crippen LogP) is 4.42. The second-order valence-corrected chi connectivity index (χ2v) is 9.23. The Bertz CT molecular complexity index is 1250. The molecule has 9 heteroatoms. The number of aromatic carboxylic acids is 1. The third-order valence-corrected chi connectivity index (χ3v) is 7.02. The van der Waals surface area contributed by atoms with Crippen LogP contribution in [-0.4, -0.2) is 32.4 Å². The SMILES string of the molecule is CC(=O)N(c1ccccc1)S(=O)(=O)c1cc(C(=O)O)c(N(C)Cc2ccccc2)cc1Cl. The Kier molecular flexibility index (Phi) is 6.86. The maximum atomic E-state index is 13.4. The summed E-state index contributed by atoms with van der Waals surface area (Å²) in [6, 6.07) is 19.5. The lowest BCUT2D eigenvalue weighted by Crippen LogP contribution is -2.35. The first kappa shape index (κ1) is 23.3. The lowest BCUT2D eigenvalue weighted by atomic mass is 10.1. The van der Waals surface area contributed by atoms with E-state index in [2.05, 4.69) is 0 Å². The second-order valence-electron chi connectivity index (χ2n) is 7.07. The van der Waals surface area contributed by atoms with Crippen LogP contribution in [0.5, 0.6) is 0 Å². The third-order valence-electron chi connectivity index (χ3n) is 4.75. The molecule has 0 saturated heterocycles. The number of carbonyl (C=O) groups is 2. The number of carboxylic acid groups (broad SMARTS) is 1. The number of hydrogen-bond acceptors (Lipinski definition) is 5. The van der Waals surface area contributed by atoms with E-state index in [-0.39, 0.29) is 22.0 Å². The Morgan fingerprint density at radius 3 is 2.06 bits per heavy atom. The van der Waals surface area contributed by atoms with Gasteiger partial charge in [-0.2, -0.15) is 0 Å². The summed E-state index contributed by atoms with van der Waals surface area (Å²) in [6.45, 7) is 1.49. The molecular formula is C23H21ClN2O5S. The van der Waals surface area contributed by atoms with E-state index in [4.69, 9.17) is 11.6 Å². The van der Waals surface area contributed by atoms with Gasteiger partial charge in [0.2, 0.25) is 5.91 Å². The average Bonchev–Trinajstić information content (AvgIpc) is 2.74. The highest BCUT2D eigenvalue weighted by molar-refractivity contribution is 7.93. The van der Waals surface area contributed by atoms with Crippen LogP contribution in [0, 0.1) is 0 Å². The second kappa shape index (κ2) is 9.42. The van der Waals surface area contributed by atoms with Gasteiger partial charge in [0.05, 0.1) is 22.0 Å². The van der Waals surface area contributed by atoms with E-state index in [1.807, 2.05) is 30.3 Å². The van der Waals surface area contributed by atoms with Gasteiger partial charge in [0, 0.05) is 20.5 Å². The minimum Gasteiger partial charge on any atom is -0.478 e. The molecule has 7 nitrogen and oxygen atoms in total. The fourth-order valence-electron chi connectivity index (χ4n) is 3.32. The number of nitrogens with zero attached hydrogens (tertiary/aromatic N) is 2. The zero-order valence-electron chi connectivity index (χ0n) is 17.4. The van der Waals surface area contributed by atoms with Crippen molar-refractivity contribution in [2.24, 2.45) is 0 Å². The number of para-hydroxylation sites is 1. The summed E-state index contributed by atoms with van der Waals surface area (Å²) in [5, 5.41) is 9.59. The molecule has 0 aromatic heterocycles. The zero-order valence-corrected chi connectivity index (χ0v) is 19.0. The van der Waals surface area contributed by atoms with Crippen molar-refractivity contribution in [2.45, 2.75) is 18.4 Å². The molecule has 3 aromatic carbocycles. The van der Waals surface area contributed by atoms with Crippen molar-refractivity contribution in [1.82, 2.24) is 0 Å². The Labute approximate surface area is 191 Å². The van der Waals surface area contributed by atoms with Crippen molar-refractivity contribution in [1.29, 1.82) is 0 Å². The number of amides is 1. The van der Waals surface area contributed by atoms with Crippen LogP contribution in [-0.2, 0) is 21.4 Å². The molecular weight excluding hydrogens is 452 g/mol. The van der Waals surface area contributed by atoms with Gasteiger partial charge in [-0.05, 0) is 29.8 Å². The number of hydrogen-bond donors (Lipinski definition) is 1. The Morgan fingerprint density at radius 1 is 0.969 bits per heavy atom. The van der Waals surface area contributed by atoms with Crippen LogP contribution in [0.15, 0.2) is 77.7 Å². The van der Waals surface area contributed by atoms with E-state index in [0.717, 1.165) is 18.6 Å². The molecule has 32 heavy (non-hydrogen) atoms.